The lowest BCUT2D eigenvalue weighted by atomic mass is 9.88. The van der Waals surface area contributed by atoms with Gasteiger partial charge in [-0.15, -0.1) is 0 Å². The minimum Gasteiger partial charge on any atom is -0.356 e. The molecule has 1 aliphatic heterocycles. The zero-order chi connectivity index (χ0) is 20.2. The van der Waals surface area contributed by atoms with Crippen molar-refractivity contribution >= 4 is 17.7 Å². The third kappa shape index (κ3) is 7.56. The molecule has 0 radical (unpaired) electrons. The van der Waals surface area contributed by atoms with Crippen LogP contribution in [0, 0.1) is 5.92 Å². The number of hydrogen-bond acceptors (Lipinski definition) is 5. The van der Waals surface area contributed by atoms with Crippen LogP contribution < -0.4 is 16.0 Å². The molecule has 0 aromatic heterocycles. The number of hydrogen-bond donors (Lipinski definition) is 3. The Hall–Kier alpha value is -1.99. The third-order valence-corrected chi connectivity index (χ3v) is 5.24. The molecular weight excluding hydrogens is 356 g/mol. The second kappa shape index (κ2) is 12.5. The highest BCUT2D eigenvalue weighted by atomic mass is 16.2. The maximum atomic E-state index is 11.9. The number of carbonyl (C=O) groups excluding carboxylic acids is 3. The van der Waals surface area contributed by atoms with Gasteiger partial charge in [-0.3, -0.25) is 14.4 Å². The van der Waals surface area contributed by atoms with Gasteiger partial charge in [0.05, 0.1) is 0 Å². The molecule has 0 fully saturated rings. The predicted octanol–water partition coefficient (Wildman–Crippen LogP) is 1.47. The second-order valence-corrected chi connectivity index (χ2v) is 7.48. The van der Waals surface area contributed by atoms with E-state index in [1.54, 1.807) is 0 Å². The van der Waals surface area contributed by atoms with Gasteiger partial charge in [-0.25, -0.2) is 4.90 Å². The minimum atomic E-state index is -0.237. The van der Waals surface area contributed by atoms with E-state index in [2.05, 4.69) is 16.0 Å². The minimum absolute atomic E-state index is 0.126. The van der Waals surface area contributed by atoms with Crippen LogP contribution in [0.15, 0.2) is 23.9 Å². The van der Waals surface area contributed by atoms with Gasteiger partial charge in [0.25, 0.3) is 11.8 Å². The van der Waals surface area contributed by atoms with Crippen molar-refractivity contribution < 1.29 is 14.4 Å². The van der Waals surface area contributed by atoms with Gasteiger partial charge in [0.15, 0.2) is 0 Å². The van der Waals surface area contributed by atoms with E-state index in [0.29, 0.717) is 12.3 Å². The Kier molecular flexibility index (Phi) is 9.93. The van der Waals surface area contributed by atoms with Gasteiger partial charge in [0.1, 0.15) is 0 Å². The smallest absolute Gasteiger partial charge is 0.257 e. The number of rotatable bonds is 13. The molecule has 0 aromatic carbocycles. The van der Waals surface area contributed by atoms with Crippen LogP contribution in [0.25, 0.3) is 0 Å². The Bertz CT molecular complexity index is 582. The first-order valence-electron chi connectivity index (χ1n) is 10.5. The highest BCUT2D eigenvalue weighted by Gasteiger charge is 2.28. The van der Waals surface area contributed by atoms with E-state index in [1.165, 1.54) is 17.1 Å². The fourth-order valence-corrected chi connectivity index (χ4v) is 3.62. The fraction of sp³-hybridized carbons (Fsp3) is 0.667. The molecule has 0 bridgehead atoms. The number of carbonyl (C=O) groups is 3. The number of imide groups is 1. The molecule has 1 unspecified atom stereocenters. The Labute approximate surface area is 168 Å². The van der Waals surface area contributed by atoms with Gasteiger partial charge in [0, 0.05) is 30.8 Å². The van der Waals surface area contributed by atoms with Crippen LogP contribution in [-0.2, 0) is 14.4 Å². The lowest BCUT2D eigenvalue weighted by Gasteiger charge is -2.26. The van der Waals surface area contributed by atoms with Crippen molar-refractivity contribution in [3.05, 3.63) is 23.9 Å². The van der Waals surface area contributed by atoms with E-state index in [0.717, 1.165) is 76.8 Å². The highest BCUT2D eigenvalue weighted by molar-refractivity contribution is 6.14. The maximum absolute atomic E-state index is 11.9. The van der Waals surface area contributed by atoms with E-state index in [9.17, 15) is 14.4 Å². The van der Waals surface area contributed by atoms with Gasteiger partial charge in [-0.05, 0) is 77.5 Å². The summed E-state index contributed by atoms with van der Waals surface area (Å²) in [6.07, 6.45) is 11.8. The normalized spacial score (nSPS) is 19.2. The van der Waals surface area contributed by atoms with Crippen molar-refractivity contribution in [2.24, 2.45) is 5.92 Å². The Morgan fingerprint density at radius 2 is 1.79 bits per heavy atom. The van der Waals surface area contributed by atoms with Crippen LogP contribution in [0.4, 0.5) is 0 Å². The average molecular weight is 391 g/mol. The standard InChI is InChI=1S/C21H34N4O3/c1-22-13-3-14-23-15-4-16-24-19(26)6-2-5-17-7-9-18(10-8-17)25-20(27)11-12-21(25)28/h9,11-12,17,22-23H,2-8,10,13-16H2,1H3,(H,24,26). The maximum Gasteiger partial charge on any atom is 0.257 e. The van der Waals surface area contributed by atoms with Crippen molar-refractivity contribution in [3.8, 4) is 0 Å². The molecule has 1 heterocycles. The molecule has 0 saturated heterocycles. The SMILES string of the molecule is CNCCCNCCCNC(=O)CCCC1CC=C(N2C(=O)C=CC2=O)CC1. The zero-order valence-corrected chi connectivity index (χ0v) is 17.0. The topological polar surface area (TPSA) is 90.5 Å². The first-order chi connectivity index (χ1) is 13.6. The van der Waals surface area contributed by atoms with E-state index < -0.39 is 0 Å². The molecule has 28 heavy (non-hydrogen) atoms. The molecule has 3 amide bonds. The summed E-state index contributed by atoms with van der Waals surface area (Å²) in [5.41, 5.74) is 0.827. The van der Waals surface area contributed by atoms with Crippen molar-refractivity contribution in [1.29, 1.82) is 0 Å². The third-order valence-electron chi connectivity index (χ3n) is 5.24. The molecule has 156 valence electrons. The molecular formula is C21H34N4O3. The summed E-state index contributed by atoms with van der Waals surface area (Å²) in [6.45, 7) is 3.67. The Morgan fingerprint density at radius 1 is 1.07 bits per heavy atom. The van der Waals surface area contributed by atoms with Crippen LogP contribution >= 0.6 is 0 Å². The summed E-state index contributed by atoms with van der Waals surface area (Å²) in [5.74, 6) is 0.180. The largest absolute Gasteiger partial charge is 0.356 e. The van der Waals surface area contributed by atoms with Crippen LogP contribution in [0.1, 0.15) is 51.4 Å². The van der Waals surface area contributed by atoms with Crippen LogP contribution in [0.5, 0.6) is 0 Å². The van der Waals surface area contributed by atoms with Gasteiger partial charge in [-0.1, -0.05) is 6.08 Å². The summed E-state index contributed by atoms with van der Waals surface area (Å²) in [7, 11) is 1.95. The number of amides is 3. The number of nitrogens with zero attached hydrogens (tertiary/aromatic N) is 1. The fourth-order valence-electron chi connectivity index (χ4n) is 3.62. The molecule has 1 aliphatic carbocycles. The molecule has 3 N–H and O–H groups in total. The van der Waals surface area contributed by atoms with E-state index in [1.807, 2.05) is 13.1 Å². The molecule has 0 spiro atoms. The Balaban J connectivity index is 1.50. The summed E-state index contributed by atoms with van der Waals surface area (Å²) in [4.78, 5) is 36.6. The lowest BCUT2D eigenvalue weighted by molar-refractivity contribution is -0.134. The van der Waals surface area contributed by atoms with E-state index >= 15 is 0 Å². The molecule has 2 rings (SSSR count). The lowest BCUT2D eigenvalue weighted by Crippen LogP contribution is -2.30. The van der Waals surface area contributed by atoms with Gasteiger partial charge < -0.3 is 16.0 Å². The summed E-state index contributed by atoms with van der Waals surface area (Å²) < 4.78 is 0. The summed E-state index contributed by atoms with van der Waals surface area (Å²) in [6, 6.07) is 0. The molecule has 0 aromatic rings. The van der Waals surface area contributed by atoms with Crippen molar-refractivity contribution in [2.75, 3.05) is 33.2 Å². The second-order valence-electron chi connectivity index (χ2n) is 7.48. The first-order valence-corrected chi connectivity index (χ1v) is 10.5. The predicted molar refractivity (Wildman–Crippen MR) is 109 cm³/mol. The quantitative estimate of drug-likeness (QED) is 0.327. The molecule has 2 aliphatic rings. The van der Waals surface area contributed by atoms with E-state index in [4.69, 9.17) is 0 Å². The number of nitrogens with one attached hydrogen (secondary N) is 3. The van der Waals surface area contributed by atoms with Crippen LogP contribution in [0.3, 0.4) is 0 Å². The molecule has 0 saturated carbocycles. The summed E-state index contributed by atoms with van der Waals surface area (Å²) >= 11 is 0. The number of allylic oxidation sites excluding steroid dienone is 2. The van der Waals surface area contributed by atoms with Crippen molar-refractivity contribution in [1.82, 2.24) is 20.9 Å². The van der Waals surface area contributed by atoms with Gasteiger partial charge in [-0.2, -0.15) is 0 Å². The average Bonchev–Trinajstić information content (AvgIpc) is 3.03. The first kappa shape index (κ1) is 22.3. The zero-order valence-electron chi connectivity index (χ0n) is 17.0. The molecule has 7 nitrogen and oxygen atoms in total. The van der Waals surface area contributed by atoms with Crippen LogP contribution in [-0.4, -0.2) is 55.8 Å². The molecule has 7 heteroatoms. The van der Waals surface area contributed by atoms with Crippen molar-refractivity contribution in [3.63, 3.8) is 0 Å². The highest BCUT2D eigenvalue weighted by Crippen LogP contribution is 2.30. The van der Waals surface area contributed by atoms with Gasteiger partial charge in [0.2, 0.25) is 5.91 Å². The Morgan fingerprint density at radius 3 is 2.43 bits per heavy atom. The van der Waals surface area contributed by atoms with Gasteiger partial charge >= 0.3 is 0 Å². The van der Waals surface area contributed by atoms with E-state index in [-0.39, 0.29) is 17.7 Å². The monoisotopic (exact) mass is 390 g/mol. The summed E-state index contributed by atoms with van der Waals surface area (Å²) in [5, 5.41) is 9.46. The van der Waals surface area contributed by atoms with Crippen LogP contribution in [0.2, 0.25) is 0 Å². The van der Waals surface area contributed by atoms with Crippen molar-refractivity contribution in [2.45, 2.75) is 51.4 Å². The molecule has 1 atom stereocenters.